The number of benzene rings is 1. The van der Waals surface area contributed by atoms with Crippen LogP contribution in [0.2, 0.25) is 0 Å². The standard InChI is InChI=1S/C18H19N3OS/c1-12-5-7-15(17(8-12)22-3)16-9-18(21-20-16)23-11-14-6-4-13(2)10-19-14/h4-8,10H,9,11H2,1-3H3. The molecule has 0 radical (unpaired) electrons. The van der Waals surface area contributed by atoms with E-state index in [4.69, 9.17) is 4.74 Å². The highest BCUT2D eigenvalue weighted by Gasteiger charge is 2.18. The number of nitrogens with zero attached hydrogens (tertiary/aromatic N) is 3. The van der Waals surface area contributed by atoms with Crippen molar-refractivity contribution in [1.29, 1.82) is 0 Å². The first-order valence-corrected chi connectivity index (χ1v) is 8.47. The number of thioether (sulfide) groups is 1. The number of aryl methyl sites for hydroxylation is 2. The summed E-state index contributed by atoms with van der Waals surface area (Å²) in [5, 5.41) is 9.66. The van der Waals surface area contributed by atoms with Crippen molar-refractivity contribution < 1.29 is 4.74 Å². The predicted molar refractivity (Wildman–Crippen MR) is 96.6 cm³/mol. The Morgan fingerprint density at radius 1 is 1.09 bits per heavy atom. The van der Waals surface area contributed by atoms with Crippen LogP contribution in [0.3, 0.4) is 0 Å². The van der Waals surface area contributed by atoms with Gasteiger partial charge >= 0.3 is 0 Å². The third kappa shape index (κ3) is 3.79. The third-order valence-corrected chi connectivity index (χ3v) is 4.63. The van der Waals surface area contributed by atoms with Crippen LogP contribution in [0, 0.1) is 13.8 Å². The van der Waals surface area contributed by atoms with E-state index < -0.39 is 0 Å². The van der Waals surface area contributed by atoms with Gasteiger partial charge in [-0.15, -0.1) is 16.9 Å². The average Bonchev–Trinajstić information content (AvgIpc) is 3.03. The molecule has 0 unspecified atom stereocenters. The maximum absolute atomic E-state index is 5.47. The Bertz CT molecular complexity index is 766. The molecule has 4 nitrogen and oxygen atoms in total. The largest absolute Gasteiger partial charge is 0.496 e. The fourth-order valence-electron chi connectivity index (χ4n) is 2.34. The van der Waals surface area contributed by atoms with Crippen molar-refractivity contribution in [3.8, 4) is 5.75 Å². The number of methoxy groups -OCH3 is 1. The minimum Gasteiger partial charge on any atom is -0.496 e. The van der Waals surface area contributed by atoms with Crippen molar-refractivity contribution in [3.05, 3.63) is 58.9 Å². The number of ether oxygens (including phenoxy) is 1. The molecule has 0 amide bonds. The minimum atomic E-state index is 0.746. The van der Waals surface area contributed by atoms with Crippen molar-refractivity contribution in [2.75, 3.05) is 7.11 Å². The fraction of sp³-hybridized carbons (Fsp3) is 0.278. The van der Waals surface area contributed by atoms with E-state index in [9.17, 15) is 0 Å². The van der Waals surface area contributed by atoms with Crippen molar-refractivity contribution in [2.45, 2.75) is 26.0 Å². The zero-order chi connectivity index (χ0) is 16.2. The summed E-state index contributed by atoms with van der Waals surface area (Å²) in [5.41, 5.74) is 5.39. The second kappa shape index (κ2) is 6.96. The summed E-state index contributed by atoms with van der Waals surface area (Å²) < 4.78 is 5.47. The van der Waals surface area contributed by atoms with E-state index in [2.05, 4.69) is 46.4 Å². The van der Waals surface area contributed by atoms with E-state index in [1.807, 2.05) is 19.2 Å². The Kier molecular flexibility index (Phi) is 4.76. The van der Waals surface area contributed by atoms with Crippen LogP contribution in [-0.4, -0.2) is 22.8 Å². The van der Waals surface area contributed by atoms with Gasteiger partial charge in [0, 0.05) is 23.9 Å². The van der Waals surface area contributed by atoms with Gasteiger partial charge in [0.1, 0.15) is 10.8 Å². The molecule has 1 aromatic carbocycles. The molecule has 2 heterocycles. The summed E-state index contributed by atoms with van der Waals surface area (Å²) in [7, 11) is 1.69. The molecule has 23 heavy (non-hydrogen) atoms. The van der Waals surface area contributed by atoms with E-state index in [1.165, 1.54) is 11.1 Å². The number of hydrogen-bond donors (Lipinski definition) is 0. The topological polar surface area (TPSA) is 46.8 Å². The summed E-state index contributed by atoms with van der Waals surface area (Å²) in [6.07, 6.45) is 2.64. The van der Waals surface area contributed by atoms with E-state index in [0.717, 1.165) is 39.9 Å². The molecule has 0 saturated carbocycles. The number of aromatic nitrogens is 1. The zero-order valence-electron chi connectivity index (χ0n) is 13.5. The van der Waals surface area contributed by atoms with Gasteiger partial charge in [0.05, 0.1) is 18.5 Å². The summed E-state index contributed by atoms with van der Waals surface area (Å²) >= 11 is 1.69. The van der Waals surface area contributed by atoms with E-state index >= 15 is 0 Å². The first-order valence-electron chi connectivity index (χ1n) is 7.48. The summed E-state index contributed by atoms with van der Waals surface area (Å²) in [6, 6.07) is 10.3. The number of rotatable bonds is 4. The molecular weight excluding hydrogens is 306 g/mol. The normalized spacial score (nSPS) is 13.7. The Morgan fingerprint density at radius 3 is 2.65 bits per heavy atom. The van der Waals surface area contributed by atoms with Crippen LogP contribution >= 0.6 is 11.8 Å². The van der Waals surface area contributed by atoms with E-state index in [0.29, 0.717) is 0 Å². The van der Waals surface area contributed by atoms with Crippen molar-refractivity contribution in [3.63, 3.8) is 0 Å². The molecule has 0 N–H and O–H groups in total. The minimum absolute atomic E-state index is 0.746. The first-order chi connectivity index (χ1) is 11.2. The molecule has 0 bridgehead atoms. The first kappa shape index (κ1) is 15.7. The summed E-state index contributed by atoms with van der Waals surface area (Å²) in [4.78, 5) is 4.42. The molecule has 1 aliphatic heterocycles. The predicted octanol–water partition coefficient (Wildman–Crippen LogP) is 4.15. The fourth-order valence-corrected chi connectivity index (χ4v) is 3.16. The monoisotopic (exact) mass is 325 g/mol. The lowest BCUT2D eigenvalue weighted by Crippen LogP contribution is -2.04. The highest BCUT2D eigenvalue weighted by atomic mass is 32.2. The maximum Gasteiger partial charge on any atom is 0.128 e. The zero-order valence-corrected chi connectivity index (χ0v) is 14.4. The van der Waals surface area contributed by atoms with Gasteiger partial charge in [0.25, 0.3) is 0 Å². The van der Waals surface area contributed by atoms with Crippen LogP contribution in [0.1, 0.15) is 28.8 Å². The molecule has 5 heteroatoms. The smallest absolute Gasteiger partial charge is 0.128 e. The number of hydrogen-bond acceptors (Lipinski definition) is 5. The lowest BCUT2D eigenvalue weighted by atomic mass is 10.0. The molecule has 1 aromatic heterocycles. The lowest BCUT2D eigenvalue weighted by molar-refractivity contribution is 0.413. The quantitative estimate of drug-likeness (QED) is 0.848. The third-order valence-electron chi connectivity index (χ3n) is 3.63. The van der Waals surface area contributed by atoms with Crippen LogP contribution in [0.5, 0.6) is 5.75 Å². The van der Waals surface area contributed by atoms with Gasteiger partial charge < -0.3 is 4.74 Å². The van der Waals surface area contributed by atoms with Crippen LogP contribution in [0.15, 0.2) is 46.7 Å². The van der Waals surface area contributed by atoms with Crippen molar-refractivity contribution in [2.24, 2.45) is 10.2 Å². The second-order valence-corrected chi connectivity index (χ2v) is 6.59. The van der Waals surface area contributed by atoms with Crippen LogP contribution < -0.4 is 4.74 Å². The molecule has 118 valence electrons. The molecular formula is C18H19N3OS. The SMILES string of the molecule is COc1cc(C)ccc1C1=NN=C(SCc2ccc(C)cn2)C1. The Balaban J connectivity index is 1.62. The Hall–Kier alpha value is -2.14. The molecule has 0 spiro atoms. The lowest BCUT2D eigenvalue weighted by Gasteiger charge is -2.09. The van der Waals surface area contributed by atoms with Gasteiger partial charge in [-0.2, -0.15) is 5.10 Å². The molecule has 1 aliphatic rings. The molecule has 0 aliphatic carbocycles. The average molecular weight is 325 g/mol. The van der Waals surface area contributed by atoms with Crippen molar-refractivity contribution in [1.82, 2.24) is 4.98 Å². The van der Waals surface area contributed by atoms with Crippen LogP contribution in [0.4, 0.5) is 0 Å². The highest BCUT2D eigenvalue weighted by molar-refractivity contribution is 8.13. The molecule has 0 fully saturated rings. The van der Waals surface area contributed by atoms with Crippen molar-refractivity contribution >= 4 is 22.5 Å². The van der Waals surface area contributed by atoms with Gasteiger partial charge in [-0.05, 0) is 43.2 Å². The van der Waals surface area contributed by atoms with E-state index in [1.54, 1.807) is 18.9 Å². The van der Waals surface area contributed by atoms with Crippen LogP contribution in [0.25, 0.3) is 0 Å². The maximum atomic E-state index is 5.47. The Morgan fingerprint density at radius 2 is 1.91 bits per heavy atom. The highest BCUT2D eigenvalue weighted by Crippen LogP contribution is 2.27. The van der Waals surface area contributed by atoms with Gasteiger partial charge in [-0.3, -0.25) is 4.98 Å². The summed E-state index contributed by atoms with van der Waals surface area (Å²) in [6.45, 7) is 4.09. The Labute approximate surface area is 140 Å². The number of pyridine rings is 1. The molecule has 0 atom stereocenters. The van der Waals surface area contributed by atoms with Crippen LogP contribution in [-0.2, 0) is 5.75 Å². The van der Waals surface area contributed by atoms with Gasteiger partial charge in [-0.1, -0.05) is 12.1 Å². The second-order valence-electron chi connectivity index (χ2n) is 5.54. The molecule has 0 saturated heterocycles. The van der Waals surface area contributed by atoms with Gasteiger partial charge in [-0.25, -0.2) is 0 Å². The van der Waals surface area contributed by atoms with Gasteiger partial charge in [0.2, 0.25) is 0 Å². The van der Waals surface area contributed by atoms with E-state index in [-0.39, 0.29) is 0 Å². The molecule has 3 rings (SSSR count). The summed E-state index contributed by atoms with van der Waals surface area (Å²) in [5.74, 6) is 1.66. The molecule has 2 aromatic rings. The van der Waals surface area contributed by atoms with Gasteiger partial charge in [0.15, 0.2) is 0 Å².